The summed E-state index contributed by atoms with van der Waals surface area (Å²) in [6.45, 7) is 5.57. The molecule has 1 heterocycles. The molecule has 0 saturated carbocycles. The van der Waals surface area contributed by atoms with E-state index in [1.165, 1.54) is 5.56 Å². The zero-order valence-corrected chi connectivity index (χ0v) is 13.9. The predicted octanol–water partition coefficient (Wildman–Crippen LogP) is 2.84. The molecule has 0 bridgehead atoms. The second-order valence-electron chi connectivity index (χ2n) is 6.11. The first-order valence-corrected chi connectivity index (χ1v) is 8.19. The van der Waals surface area contributed by atoms with Gasteiger partial charge in [0.1, 0.15) is 0 Å². The van der Waals surface area contributed by atoms with Gasteiger partial charge < -0.3 is 10.6 Å². The van der Waals surface area contributed by atoms with Gasteiger partial charge in [0, 0.05) is 31.5 Å². The monoisotopic (exact) mass is 314 g/mol. The van der Waals surface area contributed by atoms with Gasteiger partial charge in [0.05, 0.1) is 0 Å². The molecule has 0 aliphatic carbocycles. The van der Waals surface area contributed by atoms with Crippen molar-refractivity contribution in [3.05, 3.63) is 54.4 Å². The number of carbonyl (C=O) groups excluding carboxylic acids is 1. The average Bonchev–Trinajstić information content (AvgIpc) is 3.05. The summed E-state index contributed by atoms with van der Waals surface area (Å²) in [4.78, 5) is 11.9. The SMILES string of the molecule is CC(CNC(=O)NC(C)CCc1ccccc1)Cn1cccn1. The minimum Gasteiger partial charge on any atom is -0.338 e. The predicted molar refractivity (Wildman–Crippen MR) is 92.2 cm³/mol. The number of carbonyl (C=O) groups is 1. The van der Waals surface area contributed by atoms with Crippen molar-refractivity contribution in [1.82, 2.24) is 20.4 Å². The Hall–Kier alpha value is -2.30. The molecule has 0 radical (unpaired) electrons. The van der Waals surface area contributed by atoms with Crippen LogP contribution in [0, 0.1) is 5.92 Å². The number of benzene rings is 1. The minimum absolute atomic E-state index is 0.0992. The molecule has 0 saturated heterocycles. The van der Waals surface area contributed by atoms with Gasteiger partial charge in [0.2, 0.25) is 0 Å². The summed E-state index contributed by atoms with van der Waals surface area (Å²) in [6.07, 6.45) is 5.60. The average molecular weight is 314 g/mol. The number of rotatable bonds is 8. The lowest BCUT2D eigenvalue weighted by molar-refractivity contribution is 0.234. The summed E-state index contributed by atoms with van der Waals surface area (Å²) < 4.78 is 1.88. The molecule has 23 heavy (non-hydrogen) atoms. The molecule has 2 amide bonds. The largest absolute Gasteiger partial charge is 0.338 e. The highest BCUT2D eigenvalue weighted by molar-refractivity contribution is 5.74. The molecule has 2 atom stereocenters. The van der Waals surface area contributed by atoms with E-state index >= 15 is 0 Å². The number of hydrogen-bond donors (Lipinski definition) is 2. The van der Waals surface area contributed by atoms with E-state index in [0.29, 0.717) is 12.5 Å². The molecule has 2 unspecified atom stereocenters. The fraction of sp³-hybridized carbons (Fsp3) is 0.444. The van der Waals surface area contributed by atoms with E-state index in [1.807, 2.05) is 42.1 Å². The van der Waals surface area contributed by atoms with Gasteiger partial charge in [0.25, 0.3) is 0 Å². The highest BCUT2D eigenvalue weighted by Gasteiger charge is 2.09. The number of aryl methyl sites for hydroxylation is 1. The number of urea groups is 1. The summed E-state index contributed by atoms with van der Waals surface area (Å²) in [7, 11) is 0. The quantitative estimate of drug-likeness (QED) is 0.787. The molecule has 2 N–H and O–H groups in total. The van der Waals surface area contributed by atoms with E-state index < -0.39 is 0 Å². The normalized spacial score (nSPS) is 13.3. The molecule has 0 aliphatic heterocycles. The van der Waals surface area contributed by atoms with Gasteiger partial charge in [-0.05, 0) is 37.3 Å². The minimum atomic E-state index is -0.0992. The molecule has 5 heteroatoms. The van der Waals surface area contributed by atoms with Crippen LogP contribution < -0.4 is 10.6 Å². The van der Waals surface area contributed by atoms with E-state index in [2.05, 4.69) is 34.8 Å². The van der Waals surface area contributed by atoms with E-state index in [0.717, 1.165) is 19.4 Å². The Morgan fingerprint density at radius 1 is 1.22 bits per heavy atom. The first-order valence-electron chi connectivity index (χ1n) is 8.19. The van der Waals surface area contributed by atoms with Crippen LogP contribution in [0.25, 0.3) is 0 Å². The maximum absolute atomic E-state index is 11.9. The van der Waals surface area contributed by atoms with Gasteiger partial charge in [-0.3, -0.25) is 4.68 Å². The molecule has 1 aromatic carbocycles. The Labute approximate surface area is 138 Å². The van der Waals surface area contributed by atoms with E-state index in [-0.39, 0.29) is 12.1 Å². The molecular weight excluding hydrogens is 288 g/mol. The molecule has 0 spiro atoms. The molecular formula is C18H26N4O. The van der Waals surface area contributed by atoms with Crippen molar-refractivity contribution in [3.8, 4) is 0 Å². The van der Waals surface area contributed by atoms with Crippen LogP contribution in [0.4, 0.5) is 4.79 Å². The van der Waals surface area contributed by atoms with Crippen molar-refractivity contribution < 1.29 is 4.79 Å². The van der Waals surface area contributed by atoms with Crippen molar-refractivity contribution >= 4 is 6.03 Å². The number of aromatic nitrogens is 2. The first kappa shape index (κ1) is 17.1. The molecule has 5 nitrogen and oxygen atoms in total. The lowest BCUT2D eigenvalue weighted by Crippen LogP contribution is -2.42. The standard InChI is InChI=1S/C18H26N4O/c1-15(14-22-12-6-11-20-22)13-19-18(23)21-16(2)9-10-17-7-4-3-5-8-17/h3-8,11-12,15-16H,9-10,13-14H2,1-2H3,(H2,19,21,23). The second-order valence-corrected chi connectivity index (χ2v) is 6.11. The van der Waals surface area contributed by atoms with Crippen LogP contribution in [-0.2, 0) is 13.0 Å². The Bertz CT molecular complexity index is 568. The van der Waals surface area contributed by atoms with Gasteiger partial charge in [-0.15, -0.1) is 0 Å². The third-order valence-corrected chi connectivity index (χ3v) is 3.76. The highest BCUT2D eigenvalue weighted by Crippen LogP contribution is 2.04. The summed E-state index contributed by atoms with van der Waals surface area (Å²) in [5.74, 6) is 0.334. The third kappa shape index (κ3) is 6.55. The van der Waals surface area contributed by atoms with Crippen molar-refractivity contribution in [3.63, 3.8) is 0 Å². The molecule has 2 rings (SSSR count). The maximum Gasteiger partial charge on any atom is 0.315 e. The maximum atomic E-state index is 11.9. The fourth-order valence-electron chi connectivity index (χ4n) is 2.43. The molecule has 2 aromatic rings. The van der Waals surface area contributed by atoms with Crippen molar-refractivity contribution in [2.75, 3.05) is 6.54 Å². The van der Waals surface area contributed by atoms with Crippen LogP contribution in [0.1, 0.15) is 25.8 Å². The van der Waals surface area contributed by atoms with Crippen molar-refractivity contribution in [1.29, 1.82) is 0 Å². The van der Waals surface area contributed by atoms with Crippen LogP contribution in [0.5, 0.6) is 0 Å². The van der Waals surface area contributed by atoms with E-state index in [4.69, 9.17) is 0 Å². The van der Waals surface area contributed by atoms with Crippen LogP contribution in [-0.4, -0.2) is 28.4 Å². The van der Waals surface area contributed by atoms with Crippen LogP contribution >= 0.6 is 0 Å². The zero-order valence-electron chi connectivity index (χ0n) is 13.9. The summed E-state index contributed by atoms with van der Waals surface area (Å²) in [5.41, 5.74) is 1.30. The molecule has 124 valence electrons. The van der Waals surface area contributed by atoms with Gasteiger partial charge in [-0.25, -0.2) is 4.79 Å². The fourth-order valence-corrected chi connectivity index (χ4v) is 2.43. The molecule has 1 aromatic heterocycles. The van der Waals surface area contributed by atoms with E-state index in [9.17, 15) is 4.79 Å². The van der Waals surface area contributed by atoms with Crippen molar-refractivity contribution in [2.24, 2.45) is 5.92 Å². The smallest absolute Gasteiger partial charge is 0.315 e. The third-order valence-electron chi connectivity index (χ3n) is 3.76. The van der Waals surface area contributed by atoms with Gasteiger partial charge in [0.15, 0.2) is 0 Å². The molecule has 0 aliphatic rings. The Morgan fingerprint density at radius 2 is 2.00 bits per heavy atom. The zero-order chi connectivity index (χ0) is 16.5. The number of amides is 2. The van der Waals surface area contributed by atoms with Crippen LogP contribution in [0.3, 0.4) is 0 Å². The lowest BCUT2D eigenvalue weighted by Gasteiger charge is -2.17. The molecule has 0 fully saturated rings. The number of hydrogen-bond acceptors (Lipinski definition) is 2. The van der Waals surface area contributed by atoms with Gasteiger partial charge in [-0.1, -0.05) is 37.3 Å². The summed E-state index contributed by atoms with van der Waals surface area (Å²) in [6, 6.07) is 12.3. The summed E-state index contributed by atoms with van der Waals surface area (Å²) >= 11 is 0. The highest BCUT2D eigenvalue weighted by atomic mass is 16.2. The Morgan fingerprint density at radius 3 is 2.70 bits per heavy atom. The topological polar surface area (TPSA) is 59.0 Å². The lowest BCUT2D eigenvalue weighted by atomic mass is 10.1. The second kappa shape index (κ2) is 8.98. The van der Waals surface area contributed by atoms with Crippen LogP contribution in [0.2, 0.25) is 0 Å². The number of nitrogens with zero attached hydrogens (tertiary/aromatic N) is 2. The summed E-state index contributed by atoms with van der Waals surface area (Å²) in [5, 5.41) is 10.1. The number of nitrogens with one attached hydrogen (secondary N) is 2. The van der Waals surface area contributed by atoms with Crippen molar-refractivity contribution in [2.45, 2.75) is 39.3 Å². The van der Waals surface area contributed by atoms with E-state index in [1.54, 1.807) is 6.20 Å². The van der Waals surface area contributed by atoms with Crippen LogP contribution in [0.15, 0.2) is 48.8 Å². The van der Waals surface area contributed by atoms with Gasteiger partial charge >= 0.3 is 6.03 Å². The van der Waals surface area contributed by atoms with Gasteiger partial charge in [-0.2, -0.15) is 5.10 Å². The first-order chi connectivity index (χ1) is 11.1. The Kier molecular flexibility index (Phi) is 6.66. The Balaban J connectivity index is 1.61.